The van der Waals surface area contributed by atoms with Crippen LogP contribution in [0.1, 0.15) is 35.3 Å². The van der Waals surface area contributed by atoms with Crippen molar-refractivity contribution in [1.82, 2.24) is 9.88 Å². The second-order valence-corrected chi connectivity index (χ2v) is 9.17. The summed E-state index contributed by atoms with van der Waals surface area (Å²) in [6, 6.07) is 7.57. The highest BCUT2D eigenvalue weighted by atomic mass is 35.5. The van der Waals surface area contributed by atoms with E-state index >= 15 is 0 Å². The average Bonchev–Trinajstić information content (AvgIpc) is 3.49. The average molecular weight is 447 g/mol. The minimum absolute atomic E-state index is 0.197. The Labute approximate surface area is 184 Å². The molecule has 0 unspecified atom stereocenters. The first kappa shape index (κ1) is 19.9. The van der Waals surface area contributed by atoms with Crippen molar-refractivity contribution in [2.45, 2.75) is 32.4 Å². The molecule has 5 rings (SSSR count). The summed E-state index contributed by atoms with van der Waals surface area (Å²) in [4.78, 5) is 8.15. The van der Waals surface area contributed by atoms with Crippen molar-refractivity contribution in [2.75, 3.05) is 19.9 Å². The largest absolute Gasteiger partial charge is 0.454 e. The number of ether oxygens (including phenoxy) is 2. The van der Waals surface area contributed by atoms with Gasteiger partial charge in [-0.2, -0.15) is 0 Å². The van der Waals surface area contributed by atoms with Crippen LogP contribution in [-0.2, 0) is 6.54 Å². The van der Waals surface area contributed by atoms with Crippen LogP contribution in [-0.4, -0.2) is 34.9 Å². The molecule has 0 radical (unpaired) electrons. The van der Waals surface area contributed by atoms with Crippen LogP contribution in [0.15, 0.2) is 34.1 Å². The smallest absolute Gasteiger partial charge is 0.231 e. The van der Waals surface area contributed by atoms with Crippen molar-refractivity contribution >= 4 is 22.9 Å². The number of hydrogen-bond acceptors (Lipinski definition) is 7. The zero-order chi connectivity index (χ0) is 20.7. The number of aromatic nitrogens is 1. The van der Waals surface area contributed by atoms with Crippen molar-refractivity contribution < 1.29 is 19.0 Å². The SMILES string of the molecule is Cc1oc(-c2cc3c(cc2Cl)OCO3)nc1CN1CCC([C@H](O)c2cccs2)CC1. The minimum Gasteiger partial charge on any atom is -0.454 e. The van der Waals surface area contributed by atoms with Gasteiger partial charge in [0.25, 0.3) is 0 Å². The number of aliphatic hydroxyl groups excluding tert-OH is 1. The molecule has 1 fully saturated rings. The number of oxazole rings is 1. The van der Waals surface area contributed by atoms with E-state index in [-0.39, 0.29) is 12.9 Å². The quantitative estimate of drug-likeness (QED) is 0.592. The van der Waals surface area contributed by atoms with Crippen LogP contribution in [0.5, 0.6) is 11.5 Å². The maximum atomic E-state index is 10.6. The fourth-order valence-electron chi connectivity index (χ4n) is 4.10. The molecule has 0 aliphatic carbocycles. The molecule has 1 aromatic carbocycles. The molecule has 0 saturated carbocycles. The molecule has 1 saturated heterocycles. The maximum absolute atomic E-state index is 10.6. The van der Waals surface area contributed by atoms with Gasteiger partial charge >= 0.3 is 0 Å². The molecular weight excluding hydrogens is 424 g/mol. The molecule has 2 aromatic heterocycles. The Balaban J connectivity index is 1.26. The summed E-state index contributed by atoms with van der Waals surface area (Å²) in [5, 5.41) is 13.2. The Hall–Kier alpha value is -2.06. The van der Waals surface area contributed by atoms with Gasteiger partial charge in [-0.05, 0) is 56.3 Å². The molecule has 2 aliphatic heterocycles. The molecule has 2 aliphatic rings. The summed E-state index contributed by atoms with van der Waals surface area (Å²) >= 11 is 8.04. The van der Waals surface area contributed by atoms with Crippen molar-refractivity contribution in [2.24, 2.45) is 5.92 Å². The second-order valence-electron chi connectivity index (χ2n) is 7.78. The highest BCUT2D eigenvalue weighted by Crippen LogP contribution is 2.41. The molecule has 0 spiro atoms. The minimum atomic E-state index is -0.360. The lowest BCUT2D eigenvalue weighted by Crippen LogP contribution is -2.35. The van der Waals surface area contributed by atoms with Crippen LogP contribution in [0.4, 0.5) is 0 Å². The number of rotatable bonds is 5. The van der Waals surface area contributed by atoms with Gasteiger partial charge in [0.05, 0.1) is 22.4 Å². The lowest BCUT2D eigenvalue weighted by Gasteiger charge is -2.33. The van der Waals surface area contributed by atoms with Crippen LogP contribution in [0.25, 0.3) is 11.5 Å². The van der Waals surface area contributed by atoms with Gasteiger partial charge < -0.3 is 19.0 Å². The van der Waals surface area contributed by atoms with Gasteiger partial charge in [0, 0.05) is 17.5 Å². The van der Waals surface area contributed by atoms with E-state index in [1.54, 1.807) is 17.4 Å². The van der Waals surface area contributed by atoms with Crippen LogP contribution in [0.2, 0.25) is 5.02 Å². The van der Waals surface area contributed by atoms with Crippen molar-refractivity contribution in [3.63, 3.8) is 0 Å². The molecule has 8 heteroatoms. The molecule has 158 valence electrons. The first-order valence-electron chi connectivity index (χ1n) is 10.1. The van der Waals surface area contributed by atoms with Gasteiger partial charge in [0.2, 0.25) is 12.7 Å². The van der Waals surface area contributed by atoms with E-state index in [0.29, 0.717) is 33.9 Å². The van der Waals surface area contributed by atoms with Crippen LogP contribution in [0, 0.1) is 12.8 Å². The highest BCUT2D eigenvalue weighted by Gasteiger charge is 2.28. The predicted molar refractivity (Wildman–Crippen MR) is 115 cm³/mol. The van der Waals surface area contributed by atoms with Gasteiger partial charge in [-0.25, -0.2) is 4.98 Å². The number of fused-ring (bicyclic) bond motifs is 1. The maximum Gasteiger partial charge on any atom is 0.231 e. The summed E-state index contributed by atoms with van der Waals surface area (Å²) in [5.74, 6) is 2.88. The monoisotopic (exact) mass is 446 g/mol. The number of aliphatic hydroxyl groups is 1. The van der Waals surface area contributed by atoms with Crippen LogP contribution in [0.3, 0.4) is 0 Å². The number of thiophene rings is 1. The van der Waals surface area contributed by atoms with Gasteiger partial charge in [-0.15, -0.1) is 11.3 Å². The van der Waals surface area contributed by atoms with E-state index in [0.717, 1.165) is 48.8 Å². The predicted octanol–water partition coefficient (Wildman–Crippen LogP) is 5.04. The van der Waals surface area contributed by atoms with Crippen LogP contribution >= 0.6 is 22.9 Å². The lowest BCUT2D eigenvalue weighted by atomic mass is 9.90. The number of hydrogen-bond donors (Lipinski definition) is 1. The van der Waals surface area contributed by atoms with Gasteiger partial charge in [0.15, 0.2) is 11.5 Å². The summed E-state index contributed by atoms with van der Waals surface area (Å²) in [6.07, 6.45) is 1.58. The van der Waals surface area contributed by atoms with Crippen molar-refractivity contribution in [3.05, 3.63) is 51.0 Å². The van der Waals surface area contributed by atoms with E-state index in [4.69, 9.17) is 30.5 Å². The first-order chi connectivity index (χ1) is 14.6. The zero-order valence-corrected chi connectivity index (χ0v) is 18.2. The number of nitrogens with zero attached hydrogens (tertiary/aromatic N) is 2. The standard InChI is InChI=1S/C22H23ClN2O4S/c1-13-17(11-25-6-4-14(5-7-25)21(26)20-3-2-8-30-20)24-22(29-13)15-9-18-19(10-16(15)23)28-12-27-18/h2-3,8-10,14,21,26H,4-7,11-12H2,1H3/t21-/m0/s1. The van der Waals surface area contributed by atoms with E-state index in [1.807, 2.05) is 30.5 Å². The van der Waals surface area contributed by atoms with Crippen molar-refractivity contribution in [1.29, 1.82) is 0 Å². The lowest BCUT2D eigenvalue weighted by molar-refractivity contribution is 0.0586. The van der Waals surface area contributed by atoms with Gasteiger partial charge in [-0.3, -0.25) is 4.90 Å². The topological polar surface area (TPSA) is 68.0 Å². The summed E-state index contributed by atoms with van der Waals surface area (Å²) in [6.45, 7) is 4.71. The van der Waals surface area contributed by atoms with Gasteiger partial charge in [0.1, 0.15) is 5.76 Å². The Morgan fingerprint density at radius 2 is 2.03 bits per heavy atom. The first-order valence-corrected chi connectivity index (χ1v) is 11.3. The number of aryl methyl sites for hydroxylation is 1. The summed E-state index contributed by atoms with van der Waals surface area (Å²) in [7, 11) is 0. The van der Waals surface area contributed by atoms with Crippen molar-refractivity contribution in [3.8, 4) is 23.0 Å². The molecular formula is C22H23ClN2O4S. The Kier molecular flexibility index (Phi) is 5.45. The number of likely N-dealkylation sites (tertiary alicyclic amines) is 1. The molecule has 0 bridgehead atoms. The zero-order valence-electron chi connectivity index (χ0n) is 16.6. The van der Waals surface area contributed by atoms with Gasteiger partial charge in [-0.1, -0.05) is 17.7 Å². The third-order valence-electron chi connectivity index (χ3n) is 5.87. The highest BCUT2D eigenvalue weighted by molar-refractivity contribution is 7.10. The second kappa shape index (κ2) is 8.23. The third-order valence-corrected chi connectivity index (χ3v) is 7.13. The molecule has 0 amide bonds. The number of halogens is 1. The fourth-order valence-corrected chi connectivity index (χ4v) is 5.14. The molecule has 30 heavy (non-hydrogen) atoms. The Bertz CT molecular complexity index is 1030. The van der Waals surface area contributed by atoms with E-state index in [9.17, 15) is 5.11 Å². The number of piperidine rings is 1. The Morgan fingerprint density at radius 1 is 1.27 bits per heavy atom. The Morgan fingerprint density at radius 3 is 2.77 bits per heavy atom. The molecule has 4 heterocycles. The van der Waals surface area contributed by atoms with E-state index in [2.05, 4.69) is 4.90 Å². The third kappa shape index (κ3) is 3.83. The summed E-state index contributed by atoms with van der Waals surface area (Å²) in [5.41, 5.74) is 1.61. The molecule has 1 atom stereocenters. The number of benzene rings is 1. The fraction of sp³-hybridized carbons (Fsp3) is 0.409. The summed E-state index contributed by atoms with van der Waals surface area (Å²) < 4.78 is 16.8. The normalized spacial score (nSPS) is 18.1. The molecule has 3 aromatic rings. The van der Waals surface area contributed by atoms with E-state index in [1.165, 1.54) is 0 Å². The van der Waals surface area contributed by atoms with E-state index < -0.39 is 0 Å². The molecule has 6 nitrogen and oxygen atoms in total. The van der Waals surface area contributed by atoms with Crippen LogP contribution < -0.4 is 9.47 Å². The molecule has 1 N–H and O–H groups in total.